The number of nitrogens with one attached hydrogen (secondary N) is 1. The summed E-state index contributed by atoms with van der Waals surface area (Å²) in [5, 5.41) is 1.06. The molecule has 2 saturated heterocycles. The van der Waals surface area contributed by atoms with Crippen molar-refractivity contribution in [3.63, 3.8) is 0 Å². The lowest BCUT2D eigenvalue weighted by Gasteiger charge is -2.35. The lowest BCUT2D eigenvalue weighted by Crippen LogP contribution is -2.55. The number of likely N-dealkylation sites (tertiary alicyclic amines) is 2. The third-order valence-corrected chi connectivity index (χ3v) is 9.44. The summed E-state index contributed by atoms with van der Waals surface area (Å²) in [6.07, 6.45) is 8.02. The summed E-state index contributed by atoms with van der Waals surface area (Å²) < 4.78 is 28.1. The van der Waals surface area contributed by atoms with Crippen LogP contribution in [0.2, 0.25) is 4.34 Å². The summed E-state index contributed by atoms with van der Waals surface area (Å²) >= 11 is 7.15. The molecule has 1 saturated carbocycles. The average molecular weight is 525 g/mol. The van der Waals surface area contributed by atoms with E-state index in [4.69, 9.17) is 11.6 Å². The Bertz CT molecular complexity index is 1110. The van der Waals surface area contributed by atoms with Gasteiger partial charge in [-0.1, -0.05) is 23.8 Å². The quantitative estimate of drug-likeness (QED) is 0.525. The lowest BCUT2D eigenvalue weighted by molar-refractivity contribution is -0.144. The maximum absolute atomic E-state index is 13.2. The van der Waals surface area contributed by atoms with Gasteiger partial charge in [0.2, 0.25) is 21.8 Å². The molecule has 1 aromatic heterocycles. The second kappa shape index (κ2) is 9.73. The molecule has 4 aliphatic rings. The molecule has 0 spiro atoms. The highest BCUT2D eigenvalue weighted by molar-refractivity contribution is 7.92. The van der Waals surface area contributed by atoms with Gasteiger partial charge in [0.1, 0.15) is 6.04 Å². The largest absolute Gasteiger partial charge is 0.336 e. The Morgan fingerprint density at radius 3 is 2.79 bits per heavy atom. The molecular weight excluding hydrogens is 496 g/mol. The van der Waals surface area contributed by atoms with Gasteiger partial charge in [0, 0.05) is 49.1 Å². The highest BCUT2D eigenvalue weighted by Gasteiger charge is 2.54. The summed E-state index contributed by atoms with van der Waals surface area (Å²) in [6, 6.07) is 2.78. The number of hydrogen-bond donors (Lipinski definition) is 1. The minimum absolute atomic E-state index is 0.00871. The van der Waals surface area contributed by atoms with Crippen LogP contribution in [0.3, 0.4) is 0 Å². The number of sulfonamides is 1. The Labute approximate surface area is 209 Å². The molecule has 1 aliphatic carbocycles. The standard InChI is InChI=1S/C23H29ClN4O4S2/c24-21-6-5-17(33-21)7-11-34(31,32)25-19-4-3-10-27(23(19)30)15-22(29)28-13-16-12-18(16)20(28)14-26-8-1-2-9-26/h1-2,5-7,11,16,18-20,25H,3-4,8-10,12-15H2/b11-7+. The average Bonchev–Trinajstić information content (AvgIpc) is 3.11. The molecule has 2 amide bonds. The van der Waals surface area contributed by atoms with Crippen LogP contribution in [0.15, 0.2) is 29.7 Å². The summed E-state index contributed by atoms with van der Waals surface area (Å²) in [6.45, 7) is 3.97. The maximum Gasteiger partial charge on any atom is 0.242 e. The Morgan fingerprint density at radius 2 is 2.06 bits per heavy atom. The molecule has 0 bridgehead atoms. The van der Waals surface area contributed by atoms with E-state index in [2.05, 4.69) is 21.8 Å². The number of nitrogens with zero attached hydrogens (tertiary/aromatic N) is 3. The first-order chi connectivity index (χ1) is 16.3. The van der Waals surface area contributed by atoms with Gasteiger partial charge in [-0.15, -0.1) is 11.3 Å². The fourth-order valence-electron chi connectivity index (χ4n) is 5.30. The van der Waals surface area contributed by atoms with Crippen LogP contribution in [-0.4, -0.2) is 86.3 Å². The number of carbonyl (C=O) groups is 2. The van der Waals surface area contributed by atoms with Gasteiger partial charge in [-0.05, 0) is 49.3 Å². The van der Waals surface area contributed by atoms with Crippen molar-refractivity contribution in [2.24, 2.45) is 11.8 Å². The molecule has 34 heavy (non-hydrogen) atoms. The van der Waals surface area contributed by atoms with Crippen molar-refractivity contribution in [2.45, 2.75) is 31.3 Å². The molecule has 184 valence electrons. The first kappa shape index (κ1) is 24.0. The van der Waals surface area contributed by atoms with Crippen LogP contribution in [0.25, 0.3) is 6.08 Å². The summed E-state index contributed by atoms with van der Waals surface area (Å²) in [5.41, 5.74) is 0. The molecule has 8 nitrogen and oxygen atoms in total. The Balaban J connectivity index is 1.18. The van der Waals surface area contributed by atoms with Crippen LogP contribution >= 0.6 is 22.9 Å². The van der Waals surface area contributed by atoms with Crippen molar-refractivity contribution in [3.8, 4) is 0 Å². The van der Waals surface area contributed by atoms with Crippen LogP contribution in [0.5, 0.6) is 0 Å². The van der Waals surface area contributed by atoms with Gasteiger partial charge in [0.05, 0.1) is 10.9 Å². The molecule has 3 aliphatic heterocycles. The minimum atomic E-state index is -3.82. The summed E-state index contributed by atoms with van der Waals surface area (Å²) in [7, 11) is -3.82. The van der Waals surface area contributed by atoms with E-state index < -0.39 is 16.1 Å². The molecule has 0 radical (unpaired) electrons. The Morgan fingerprint density at radius 1 is 1.26 bits per heavy atom. The van der Waals surface area contributed by atoms with Crippen molar-refractivity contribution >= 4 is 50.9 Å². The fraction of sp³-hybridized carbons (Fsp3) is 0.565. The maximum atomic E-state index is 13.2. The van der Waals surface area contributed by atoms with Crippen LogP contribution < -0.4 is 4.72 Å². The number of fused-ring (bicyclic) bond motifs is 1. The van der Waals surface area contributed by atoms with Crippen molar-refractivity contribution in [3.05, 3.63) is 38.9 Å². The van der Waals surface area contributed by atoms with E-state index in [1.807, 2.05) is 4.90 Å². The van der Waals surface area contributed by atoms with Crippen molar-refractivity contribution < 1.29 is 18.0 Å². The van der Waals surface area contributed by atoms with Gasteiger partial charge in [-0.25, -0.2) is 8.42 Å². The van der Waals surface area contributed by atoms with Crippen molar-refractivity contribution in [1.29, 1.82) is 0 Å². The van der Waals surface area contributed by atoms with E-state index in [-0.39, 0.29) is 24.4 Å². The van der Waals surface area contributed by atoms with Crippen LogP contribution in [0.4, 0.5) is 0 Å². The number of piperidine rings is 2. The Kier molecular flexibility index (Phi) is 6.87. The molecule has 5 rings (SSSR count). The monoisotopic (exact) mass is 524 g/mol. The highest BCUT2D eigenvalue weighted by Crippen LogP contribution is 2.49. The van der Waals surface area contributed by atoms with Gasteiger partial charge >= 0.3 is 0 Å². The van der Waals surface area contributed by atoms with E-state index >= 15 is 0 Å². The Hall–Kier alpha value is -1.72. The third-order valence-electron chi connectivity index (χ3n) is 7.13. The van der Waals surface area contributed by atoms with E-state index in [0.29, 0.717) is 40.4 Å². The molecule has 4 atom stereocenters. The molecular formula is C23H29ClN4O4S2. The highest BCUT2D eigenvalue weighted by atomic mass is 35.5. The van der Waals surface area contributed by atoms with Gasteiger partial charge in [0.25, 0.3) is 0 Å². The molecule has 1 aromatic rings. The zero-order chi connectivity index (χ0) is 23.9. The first-order valence-electron chi connectivity index (χ1n) is 11.7. The third kappa shape index (κ3) is 5.41. The first-order valence-corrected chi connectivity index (χ1v) is 14.4. The summed E-state index contributed by atoms with van der Waals surface area (Å²) in [5.74, 6) is 0.799. The predicted molar refractivity (Wildman–Crippen MR) is 133 cm³/mol. The molecule has 4 unspecified atom stereocenters. The van der Waals surface area contributed by atoms with Gasteiger partial charge in [-0.2, -0.15) is 4.72 Å². The number of rotatable bonds is 8. The fourth-order valence-corrected chi connectivity index (χ4v) is 7.37. The predicted octanol–water partition coefficient (Wildman–Crippen LogP) is 2.00. The van der Waals surface area contributed by atoms with Crippen molar-refractivity contribution in [2.75, 3.05) is 39.3 Å². The topological polar surface area (TPSA) is 90.0 Å². The second-order valence-corrected chi connectivity index (χ2v) is 12.9. The van der Waals surface area contributed by atoms with Crippen molar-refractivity contribution in [1.82, 2.24) is 19.4 Å². The van der Waals surface area contributed by atoms with Gasteiger partial charge < -0.3 is 9.80 Å². The second-order valence-electron chi connectivity index (χ2n) is 9.53. The normalized spacial score (nSPS) is 29.4. The van der Waals surface area contributed by atoms with E-state index in [1.54, 1.807) is 12.1 Å². The number of hydrogen-bond acceptors (Lipinski definition) is 6. The zero-order valence-electron chi connectivity index (χ0n) is 18.8. The molecule has 4 heterocycles. The summed E-state index contributed by atoms with van der Waals surface area (Å²) in [4.78, 5) is 32.8. The molecule has 11 heteroatoms. The number of thiophene rings is 1. The van der Waals surface area contributed by atoms with E-state index in [9.17, 15) is 18.0 Å². The van der Waals surface area contributed by atoms with Crippen LogP contribution in [0.1, 0.15) is 24.1 Å². The number of carbonyl (C=O) groups excluding carboxylic acids is 2. The lowest BCUT2D eigenvalue weighted by atomic mass is 10.1. The van der Waals surface area contributed by atoms with Crippen LogP contribution in [0, 0.1) is 11.8 Å². The zero-order valence-corrected chi connectivity index (χ0v) is 21.2. The number of halogens is 1. The molecule has 0 aromatic carbocycles. The van der Waals surface area contributed by atoms with E-state index in [1.165, 1.54) is 28.7 Å². The van der Waals surface area contributed by atoms with Gasteiger partial charge in [-0.3, -0.25) is 14.5 Å². The molecule has 1 N–H and O–H groups in total. The smallest absolute Gasteiger partial charge is 0.242 e. The SMILES string of the molecule is O=C1C(NS(=O)(=O)/C=C/c2ccc(Cl)s2)CCCN1CC(=O)N1CC2CC2C1CN1CC=CC1. The minimum Gasteiger partial charge on any atom is -0.336 e. The van der Waals surface area contributed by atoms with Crippen LogP contribution in [-0.2, 0) is 19.6 Å². The van der Waals surface area contributed by atoms with E-state index in [0.717, 1.165) is 31.6 Å². The molecule has 3 fully saturated rings. The number of amides is 2. The van der Waals surface area contributed by atoms with Gasteiger partial charge in [0.15, 0.2) is 0 Å².